The van der Waals surface area contributed by atoms with E-state index >= 15 is 0 Å². The first-order valence-electron chi connectivity index (χ1n) is 8.87. The second kappa shape index (κ2) is 6.89. The Bertz CT molecular complexity index is 1000. The van der Waals surface area contributed by atoms with Crippen molar-refractivity contribution in [3.05, 3.63) is 77.2 Å². The largest absolute Gasteiger partial charge is 0.361 e. The van der Waals surface area contributed by atoms with Crippen LogP contribution in [0.5, 0.6) is 0 Å². The lowest BCUT2D eigenvalue weighted by molar-refractivity contribution is 0.0992. The molecule has 2 aromatic carbocycles. The molecule has 0 amide bonds. The quantitative estimate of drug-likeness (QED) is 0.707. The van der Waals surface area contributed by atoms with Crippen molar-refractivity contribution in [2.24, 2.45) is 0 Å². The summed E-state index contributed by atoms with van der Waals surface area (Å²) in [6, 6.07) is 11.9. The number of benzene rings is 2. The Morgan fingerprint density at radius 3 is 2.88 bits per heavy atom. The average molecular weight is 348 g/mol. The zero-order valence-corrected chi connectivity index (χ0v) is 14.8. The van der Waals surface area contributed by atoms with Gasteiger partial charge in [-0.2, -0.15) is 0 Å². The van der Waals surface area contributed by atoms with Crippen LogP contribution in [-0.4, -0.2) is 35.8 Å². The zero-order valence-electron chi connectivity index (χ0n) is 14.8. The number of aromatic amines is 1. The summed E-state index contributed by atoms with van der Waals surface area (Å²) in [5, 5.41) is 1.14. The number of aromatic nitrogens is 1. The zero-order chi connectivity index (χ0) is 18.1. The van der Waals surface area contributed by atoms with E-state index in [2.05, 4.69) is 35.3 Å². The van der Waals surface area contributed by atoms with Crippen molar-refractivity contribution in [1.82, 2.24) is 9.88 Å². The van der Waals surface area contributed by atoms with Gasteiger partial charge < -0.3 is 9.88 Å². The molecule has 0 atom stereocenters. The molecule has 2 heterocycles. The molecule has 0 fully saturated rings. The molecule has 0 aliphatic carbocycles. The smallest absolute Gasteiger partial charge is 0.167 e. The number of fused-ring (bicyclic) bond motifs is 1. The summed E-state index contributed by atoms with van der Waals surface area (Å²) in [5.74, 6) is -0.451. The van der Waals surface area contributed by atoms with Gasteiger partial charge >= 0.3 is 0 Å². The van der Waals surface area contributed by atoms with E-state index in [1.54, 1.807) is 12.1 Å². The minimum absolute atomic E-state index is 0.0700. The normalized spacial score (nSPS) is 15.2. The number of nitrogens with one attached hydrogen (secondary N) is 1. The van der Waals surface area contributed by atoms with Gasteiger partial charge in [0.1, 0.15) is 5.82 Å². The second-order valence-corrected chi connectivity index (χ2v) is 6.93. The molecule has 1 aliphatic heterocycles. The third-order valence-electron chi connectivity index (χ3n) is 5.02. The third kappa shape index (κ3) is 3.33. The Balaban J connectivity index is 1.63. The molecule has 0 saturated carbocycles. The fraction of sp³-hybridized carbons (Fsp3) is 0.227. The SMILES string of the molecule is CN1CC=C(c2c[nH]c3ccc(CC(=O)c4cccc(F)c4)cc23)CC1. The predicted molar refractivity (Wildman–Crippen MR) is 103 cm³/mol. The monoisotopic (exact) mass is 348 g/mol. The first kappa shape index (κ1) is 16.7. The standard InChI is InChI=1S/C22H21FN2O/c1-25-9-7-16(8-10-25)20-14-24-21-6-5-15(11-19(20)21)12-22(26)17-3-2-4-18(23)13-17/h2-7,11,13-14,24H,8-10,12H2,1H3. The van der Waals surface area contributed by atoms with Crippen LogP contribution in [-0.2, 0) is 6.42 Å². The van der Waals surface area contributed by atoms with Gasteiger partial charge in [0.15, 0.2) is 5.78 Å². The highest BCUT2D eigenvalue weighted by Crippen LogP contribution is 2.30. The fourth-order valence-electron chi connectivity index (χ4n) is 3.51. The van der Waals surface area contributed by atoms with E-state index in [9.17, 15) is 9.18 Å². The predicted octanol–water partition coefficient (Wildman–Crippen LogP) is 4.45. The van der Waals surface area contributed by atoms with Crippen LogP contribution < -0.4 is 0 Å². The number of likely N-dealkylation sites (N-methyl/N-ethyl adjacent to an activating group) is 1. The maximum absolute atomic E-state index is 13.4. The van der Waals surface area contributed by atoms with Gasteiger partial charge in [0.25, 0.3) is 0 Å². The Morgan fingerprint density at radius 1 is 1.23 bits per heavy atom. The average Bonchev–Trinajstić information content (AvgIpc) is 3.05. The lowest BCUT2D eigenvalue weighted by atomic mass is 9.96. The van der Waals surface area contributed by atoms with Crippen molar-refractivity contribution in [3.8, 4) is 0 Å². The van der Waals surface area contributed by atoms with Crippen LogP contribution in [0.25, 0.3) is 16.5 Å². The fourth-order valence-corrected chi connectivity index (χ4v) is 3.51. The molecule has 0 radical (unpaired) electrons. The van der Waals surface area contributed by atoms with Gasteiger partial charge in [0.2, 0.25) is 0 Å². The number of halogens is 1. The maximum Gasteiger partial charge on any atom is 0.167 e. The maximum atomic E-state index is 13.4. The lowest BCUT2D eigenvalue weighted by Crippen LogP contribution is -2.23. The van der Waals surface area contributed by atoms with Crippen LogP contribution in [0.4, 0.5) is 4.39 Å². The number of rotatable bonds is 4. The number of hydrogen-bond donors (Lipinski definition) is 1. The molecule has 4 heteroatoms. The van der Waals surface area contributed by atoms with Crippen LogP contribution in [0.2, 0.25) is 0 Å². The highest BCUT2D eigenvalue weighted by atomic mass is 19.1. The van der Waals surface area contributed by atoms with Crippen molar-refractivity contribution < 1.29 is 9.18 Å². The highest BCUT2D eigenvalue weighted by Gasteiger charge is 2.15. The number of ketones is 1. The first-order valence-corrected chi connectivity index (χ1v) is 8.87. The molecule has 3 nitrogen and oxygen atoms in total. The Kier molecular flexibility index (Phi) is 4.43. The molecule has 0 saturated heterocycles. The highest BCUT2D eigenvalue weighted by molar-refractivity contribution is 5.99. The van der Waals surface area contributed by atoms with Crippen LogP contribution in [0.1, 0.15) is 27.9 Å². The number of Topliss-reactive ketones (excluding diaryl/α,β-unsaturated/α-hetero) is 1. The van der Waals surface area contributed by atoms with Crippen molar-refractivity contribution in [2.75, 3.05) is 20.1 Å². The van der Waals surface area contributed by atoms with E-state index in [-0.39, 0.29) is 18.0 Å². The van der Waals surface area contributed by atoms with Gasteiger partial charge in [0, 0.05) is 47.7 Å². The minimum Gasteiger partial charge on any atom is -0.361 e. The molecule has 0 bridgehead atoms. The van der Waals surface area contributed by atoms with Gasteiger partial charge in [-0.1, -0.05) is 24.3 Å². The Hall–Kier alpha value is -2.72. The Labute approximate surface area is 152 Å². The molecule has 26 heavy (non-hydrogen) atoms. The number of nitrogens with zero attached hydrogens (tertiary/aromatic N) is 1. The van der Waals surface area contributed by atoms with Crippen LogP contribution in [0.3, 0.4) is 0 Å². The lowest BCUT2D eigenvalue weighted by Gasteiger charge is -2.21. The number of carbonyl (C=O) groups excluding carboxylic acids is 1. The van der Waals surface area contributed by atoms with E-state index in [1.807, 2.05) is 12.1 Å². The summed E-state index contributed by atoms with van der Waals surface area (Å²) in [4.78, 5) is 18.1. The summed E-state index contributed by atoms with van der Waals surface area (Å²) in [5.41, 5.74) is 5.00. The summed E-state index contributed by atoms with van der Waals surface area (Å²) in [6.07, 6.45) is 5.62. The molecule has 132 valence electrons. The van der Waals surface area contributed by atoms with E-state index in [4.69, 9.17) is 0 Å². The molecule has 1 aromatic heterocycles. The second-order valence-electron chi connectivity index (χ2n) is 6.93. The van der Waals surface area contributed by atoms with Crippen LogP contribution in [0.15, 0.2) is 54.7 Å². The Morgan fingerprint density at radius 2 is 2.12 bits per heavy atom. The van der Waals surface area contributed by atoms with Gasteiger partial charge in [-0.25, -0.2) is 4.39 Å². The van der Waals surface area contributed by atoms with E-state index in [0.29, 0.717) is 5.56 Å². The van der Waals surface area contributed by atoms with Crippen molar-refractivity contribution in [2.45, 2.75) is 12.8 Å². The molecule has 0 spiro atoms. The summed E-state index contributed by atoms with van der Waals surface area (Å²) in [6.45, 7) is 2.01. The van der Waals surface area contributed by atoms with Gasteiger partial charge in [-0.15, -0.1) is 0 Å². The van der Waals surface area contributed by atoms with Crippen LogP contribution in [0, 0.1) is 5.82 Å². The van der Waals surface area contributed by atoms with Gasteiger partial charge in [-0.3, -0.25) is 4.79 Å². The number of H-pyrrole nitrogens is 1. The summed E-state index contributed by atoms with van der Waals surface area (Å²) >= 11 is 0. The summed E-state index contributed by atoms with van der Waals surface area (Å²) in [7, 11) is 2.12. The molecule has 3 aromatic rings. The molecule has 4 rings (SSSR count). The molecule has 0 unspecified atom stereocenters. The van der Waals surface area contributed by atoms with E-state index in [0.717, 1.165) is 36.0 Å². The molecular weight excluding hydrogens is 327 g/mol. The van der Waals surface area contributed by atoms with Crippen molar-refractivity contribution in [1.29, 1.82) is 0 Å². The van der Waals surface area contributed by atoms with E-state index in [1.165, 1.54) is 23.3 Å². The summed E-state index contributed by atoms with van der Waals surface area (Å²) < 4.78 is 13.4. The van der Waals surface area contributed by atoms with Gasteiger partial charge in [-0.05, 0) is 48.9 Å². The molecule has 1 aliphatic rings. The van der Waals surface area contributed by atoms with Crippen molar-refractivity contribution >= 4 is 22.3 Å². The minimum atomic E-state index is -0.381. The topological polar surface area (TPSA) is 36.1 Å². The number of hydrogen-bond acceptors (Lipinski definition) is 2. The van der Waals surface area contributed by atoms with Crippen molar-refractivity contribution in [3.63, 3.8) is 0 Å². The van der Waals surface area contributed by atoms with Gasteiger partial charge in [0.05, 0.1) is 0 Å². The molecular formula is C22H21FN2O. The molecule has 1 N–H and O–H groups in total. The first-order chi connectivity index (χ1) is 12.6. The number of carbonyl (C=O) groups is 1. The van der Waals surface area contributed by atoms with E-state index < -0.39 is 0 Å². The van der Waals surface area contributed by atoms with Crippen LogP contribution >= 0.6 is 0 Å². The third-order valence-corrected chi connectivity index (χ3v) is 5.02.